The lowest BCUT2D eigenvalue weighted by Gasteiger charge is -1.90. The van der Waals surface area contributed by atoms with Crippen molar-refractivity contribution in [3.63, 3.8) is 0 Å². The standard InChI is InChI=1S/C3H7O2PS/c4-3(5-6)1-2-7/h7H,1-2,6H2. The molecular formula is C3H7O2PS. The Bertz CT molecular complexity index is 66.0. The molecule has 0 spiro atoms. The van der Waals surface area contributed by atoms with Crippen molar-refractivity contribution in [3.05, 3.63) is 0 Å². The minimum atomic E-state index is -0.236. The van der Waals surface area contributed by atoms with E-state index >= 15 is 0 Å². The van der Waals surface area contributed by atoms with E-state index in [1.807, 2.05) is 9.47 Å². The molecule has 42 valence electrons. The molecule has 0 aliphatic rings. The van der Waals surface area contributed by atoms with Crippen LogP contribution in [0.3, 0.4) is 0 Å². The zero-order valence-corrected chi connectivity index (χ0v) is 5.80. The highest BCUT2D eigenvalue weighted by Gasteiger charge is 1.93. The summed E-state index contributed by atoms with van der Waals surface area (Å²) in [5.41, 5.74) is 0. The number of hydrogen-bond donors (Lipinski definition) is 1. The molecule has 0 bridgehead atoms. The molecule has 1 unspecified atom stereocenters. The molecule has 0 aromatic carbocycles. The molecule has 0 aromatic heterocycles. The van der Waals surface area contributed by atoms with E-state index in [9.17, 15) is 4.79 Å². The second-order valence-corrected chi connectivity index (χ2v) is 1.65. The van der Waals surface area contributed by atoms with E-state index in [0.29, 0.717) is 12.2 Å². The van der Waals surface area contributed by atoms with Gasteiger partial charge in [0.25, 0.3) is 0 Å². The van der Waals surface area contributed by atoms with Crippen LogP contribution in [0, 0.1) is 0 Å². The number of hydrogen-bond acceptors (Lipinski definition) is 3. The van der Waals surface area contributed by atoms with Gasteiger partial charge in [0.1, 0.15) is 0 Å². The van der Waals surface area contributed by atoms with Crippen molar-refractivity contribution in [3.8, 4) is 0 Å². The SMILES string of the molecule is O=C(CCS)OP. The summed E-state index contributed by atoms with van der Waals surface area (Å²) in [5, 5.41) is 0. The van der Waals surface area contributed by atoms with Crippen LogP contribution in [0.1, 0.15) is 6.42 Å². The van der Waals surface area contributed by atoms with Gasteiger partial charge in [0, 0.05) is 5.75 Å². The molecule has 0 aliphatic heterocycles. The molecule has 0 saturated carbocycles. The fourth-order valence-corrected chi connectivity index (χ4v) is 0.451. The highest BCUT2D eigenvalue weighted by molar-refractivity contribution is 7.80. The molecule has 0 radical (unpaired) electrons. The normalized spacial score (nSPS) is 8.29. The van der Waals surface area contributed by atoms with Gasteiger partial charge in [0.05, 0.1) is 15.9 Å². The lowest BCUT2D eigenvalue weighted by Crippen LogP contribution is -1.95. The van der Waals surface area contributed by atoms with Gasteiger partial charge < -0.3 is 4.52 Å². The molecule has 0 aliphatic carbocycles. The van der Waals surface area contributed by atoms with E-state index in [1.54, 1.807) is 0 Å². The Balaban J connectivity index is 3.00. The van der Waals surface area contributed by atoms with Crippen molar-refractivity contribution >= 4 is 28.1 Å². The topological polar surface area (TPSA) is 26.3 Å². The second kappa shape index (κ2) is 4.41. The summed E-state index contributed by atoms with van der Waals surface area (Å²) in [5.74, 6) is 0.313. The Morgan fingerprint density at radius 1 is 1.86 bits per heavy atom. The van der Waals surface area contributed by atoms with E-state index in [-0.39, 0.29) is 5.97 Å². The Morgan fingerprint density at radius 3 is 2.57 bits per heavy atom. The molecule has 0 N–H and O–H groups in total. The van der Waals surface area contributed by atoms with Crippen molar-refractivity contribution in [1.82, 2.24) is 0 Å². The Kier molecular flexibility index (Phi) is 4.57. The van der Waals surface area contributed by atoms with Crippen molar-refractivity contribution in [1.29, 1.82) is 0 Å². The maximum Gasteiger partial charge on any atom is 0.308 e. The first-order chi connectivity index (χ1) is 3.31. The zero-order chi connectivity index (χ0) is 5.70. The fraction of sp³-hybridized carbons (Fsp3) is 0.667. The van der Waals surface area contributed by atoms with Crippen LogP contribution >= 0.6 is 22.1 Å². The molecule has 2 nitrogen and oxygen atoms in total. The Labute approximate surface area is 50.3 Å². The van der Waals surface area contributed by atoms with E-state index in [2.05, 4.69) is 17.2 Å². The molecule has 0 aromatic rings. The predicted molar refractivity (Wildman–Crippen MR) is 34.3 cm³/mol. The fourth-order valence-electron chi connectivity index (χ4n) is 0.150. The van der Waals surface area contributed by atoms with E-state index in [4.69, 9.17) is 0 Å². The monoisotopic (exact) mass is 138 g/mol. The molecule has 4 heteroatoms. The summed E-state index contributed by atoms with van der Waals surface area (Å²) in [4.78, 5) is 10.1. The van der Waals surface area contributed by atoms with Gasteiger partial charge in [-0.3, -0.25) is 4.79 Å². The van der Waals surface area contributed by atoms with Crippen LogP contribution in [0.15, 0.2) is 0 Å². The summed E-state index contributed by atoms with van der Waals surface area (Å²) >= 11 is 3.80. The summed E-state index contributed by atoms with van der Waals surface area (Å²) < 4.78 is 4.22. The minimum absolute atomic E-state index is 0.236. The largest absolute Gasteiger partial charge is 0.451 e. The highest BCUT2D eigenvalue weighted by Crippen LogP contribution is 1.92. The van der Waals surface area contributed by atoms with Crippen LogP contribution in [-0.2, 0) is 9.32 Å². The van der Waals surface area contributed by atoms with Crippen molar-refractivity contribution < 1.29 is 9.32 Å². The molecular weight excluding hydrogens is 131 g/mol. The average molecular weight is 138 g/mol. The van der Waals surface area contributed by atoms with Crippen molar-refractivity contribution in [2.75, 3.05) is 5.75 Å². The van der Waals surface area contributed by atoms with Gasteiger partial charge in [-0.2, -0.15) is 12.6 Å². The lowest BCUT2D eigenvalue weighted by atomic mass is 10.5. The number of thiol groups is 1. The van der Waals surface area contributed by atoms with Crippen molar-refractivity contribution in [2.45, 2.75) is 6.42 Å². The Hall–Kier alpha value is 0.250. The van der Waals surface area contributed by atoms with Gasteiger partial charge >= 0.3 is 5.97 Å². The quantitative estimate of drug-likeness (QED) is 0.447. The Morgan fingerprint density at radius 2 is 2.43 bits per heavy atom. The summed E-state index contributed by atoms with van der Waals surface area (Å²) in [6, 6.07) is 0. The first kappa shape index (κ1) is 7.25. The third kappa shape index (κ3) is 4.10. The third-order valence-electron chi connectivity index (χ3n) is 0.447. The van der Waals surface area contributed by atoms with Crippen LogP contribution in [0.25, 0.3) is 0 Å². The molecule has 0 saturated heterocycles. The van der Waals surface area contributed by atoms with E-state index in [1.165, 1.54) is 0 Å². The van der Waals surface area contributed by atoms with Crippen LogP contribution in [0.5, 0.6) is 0 Å². The maximum absolute atomic E-state index is 10.1. The maximum atomic E-state index is 10.1. The number of carbonyl (C=O) groups excluding carboxylic acids is 1. The van der Waals surface area contributed by atoms with Crippen LogP contribution < -0.4 is 0 Å². The lowest BCUT2D eigenvalue weighted by molar-refractivity contribution is -0.132. The van der Waals surface area contributed by atoms with E-state index < -0.39 is 0 Å². The highest BCUT2D eigenvalue weighted by atomic mass is 32.1. The molecule has 0 fully saturated rings. The van der Waals surface area contributed by atoms with Gasteiger partial charge in [-0.25, -0.2) is 0 Å². The summed E-state index contributed by atoms with van der Waals surface area (Å²) in [7, 11) is 1.88. The number of carbonyl (C=O) groups is 1. The van der Waals surface area contributed by atoms with Crippen molar-refractivity contribution in [2.24, 2.45) is 0 Å². The van der Waals surface area contributed by atoms with Crippen LogP contribution in [0.2, 0.25) is 0 Å². The molecule has 0 rings (SSSR count). The van der Waals surface area contributed by atoms with E-state index in [0.717, 1.165) is 0 Å². The second-order valence-electron chi connectivity index (χ2n) is 0.963. The summed E-state index contributed by atoms with van der Waals surface area (Å²) in [6.45, 7) is 0. The number of rotatable bonds is 2. The molecule has 7 heavy (non-hydrogen) atoms. The zero-order valence-electron chi connectivity index (χ0n) is 3.76. The van der Waals surface area contributed by atoms with Gasteiger partial charge in [-0.1, -0.05) is 0 Å². The third-order valence-corrected chi connectivity index (χ3v) is 0.934. The average Bonchev–Trinajstić information content (AvgIpc) is 1.68. The van der Waals surface area contributed by atoms with Gasteiger partial charge in [0.15, 0.2) is 0 Å². The minimum Gasteiger partial charge on any atom is -0.451 e. The molecule has 0 heterocycles. The molecule has 0 amide bonds. The summed E-state index contributed by atoms with van der Waals surface area (Å²) in [6.07, 6.45) is 0.382. The van der Waals surface area contributed by atoms with Gasteiger partial charge in [0.2, 0.25) is 0 Å². The first-order valence-electron chi connectivity index (χ1n) is 1.81. The van der Waals surface area contributed by atoms with Crippen LogP contribution in [-0.4, -0.2) is 11.7 Å². The van der Waals surface area contributed by atoms with Crippen LogP contribution in [0.4, 0.5) is 0 Å². The van der Waals surface area contributed by atoms with Gasteiger partial charge in [-0.05, 0) is 0 Å². The van der Waals surface area contributed by atoms with Gasteiger partial charge in [-0.15, -0.1) is 0 Å². The molecule has 1 atom stereocenters. The predicted octanol–water partition coefficient (Wildman–Crippen LogP) is 0.640. The smallest absolute Gasteiger partial charge is 0.308 e. The first-order valence-corrected chi connectivity index (χ1v) is 2.92.